The van der Waals surface area contributed by atoms with E-state index in [1.807, 2.05) is 19.1 Å². The van der Waals surface area contributed by atoms with Crippen molar-refractivity contribution < 1.29 is 13.5 Å². The summed E-state index contributed by atoms with van der Waals surface area (Å²) in [5, 5.41) is 9.61. The third-order valence-corrected chi connectivity index (χ3v) is 5.31. The molecule has 0 amide bonds. The van der Waals surface area contributed by atoms with Crippen LogP contribution in [0.1, 0.15) is 20.3 Å². The molecular weight excluding hydrogens is 276 g/mol. The Hall–Kier alpha value is -1.11. The van der Waals surface area contributed by atoms with Crippen LogP contribution in [-0.2, 0) is 10.0 Å². The molecule has 0 saturated carbocycles. The summed E-state index contributed by atoms with van der Waals surface area (Å²) in [6, 6.07) is 6.91. The van der Waals surface area contributed by atoms with E-state index in [4.69, 9.17) is 0 Å². The van der Waals surface area contributed by atoms with E-state index in [0.717, 1.165) is 25.2 Å². The molecule has 1 fully saturated rings. The lowest BCUT2D eigenvalue weighted by atomic mass is 10.0. The topological polar surface area (TPSA) is 69.6 Å². The largest absolute Gasteiger partial charge is 0.393 e. The predicted molar refractivity (Wildman–Crippen MR) is 79.3 cm³/mol. The zero-order valence-electron chi connectivity index (χ0n) is 11.9. The van der Waals surface area contributed by atoms with Crippen LogP contribution in [0.4, 0.5) is 5.69 Å². The lowest BCUT2D eigenvalue weighted by molar-refractivity contribution is 0.136. The fraction of sp³-hybridized carbons (Fsp3) is 0.571. The lowest BCUT2D eigenvalue weighted by Gasteiger charge is -2.20. The molecular formula is C14H22N2O3S. The molecule has 6 heteroatoms. The minimum Gasteiger partial charge on any atom is -0.393 e. The summed E-state index contributed by atoms with van der Waals surface area (Å²) in [6.07, 6.45) is 0.670. The van der Waals surface area contributed by atoms with Crippen LogP contribution in [0.5, 0.6) is 0 Å². The van der Waals surface area contributed by atoms with Gasteiger partial charge in [-0.1, -0.05) is 6.92 Å². The number of rotatable bonds is 5. The van der Waals surface area contributed by atoms with Gasteiger partial charge in [0.1, 0.15) is 0 Å². The fourth-order valence-electron chi connectivity index (χ4n) is 2.53. The molecule has 2 N–H and O–H groups in total. The van der Waals surface area contributed by atoms with Crippen molar-refractivity contribution in [3.63, 3.8) is 0 Å². The SMILES string of the molecule is CCNS(=O)(=O)c1ccc(N2CCC(C(C)O)C2)cc1. The van der Waals surface area contributed by atoms with Gasteiger partial charge in [-0.05, 0) is 37.6 Å². The van der Waals surface area contributed by atoms with Crippen LogP contribution >= 0.6 is 0 Å². The number of nitrogens with zero attached hydrogens (tertiary/aromatic N) is 1. The van der Waals surface area contributed by atoms with Crippen molar-refractivity contribution in [1.29, 1.82) is 0 Å². The molecule has 2 rings (SSSR count). The minimum absolute atomic E-state index is 0.286. The summed E-state index contributed by atoms with van der Waals surface area (Å²) in [6.45, 7) is 5.67. The number of nitrogens with one attached hydrogen (secondary N) is 1. The Morgan fingerprint density at radius 2 is 2.05 bits per heavy atom. The zero-order chi connectivity index (χ0) is 14.8. The highest BCUT2D eigenvalue weighted by atomic mass is 32.2. The Bertz CT molecular complexity index is 540. The third-order valence-electron chi connectivity index (χ3n) is 3.75. The number of anilines is 1. The van der Waals surface area contributed by atoms with Crippen LogP contribution in [0, 0.1) is 5.92 Å². The van der Waals surface area contributed by atoms with Gasteiger partial charge in [0.15, 0.2) is 0 Å². The predicted octanol–water partition coefficient (Wildman–Crippen LogP) is 1.19. The van der Waals surface area contributed by atoms with Gasteiger partial charge in [0.2, 0.25) is 10.0 Å². The number of hydrogen-bond donors (Lipinski definition) is 2. The first kappa shape index (κ1) is 15.3. The quantitative estimate of drug-likeness (QED) is 0.857. The van der Waals surface area contributed by atoms with Crippen LogP contribution in [0.3, 0.4) is 0 Å². The van der Waals surface area contributed by atoms with E-state index in [1.54, 1.807) is 19.1 Å². The molecule has 1 aliphatic heterocycles. The number of benzene rings is 1. The van der Waals surface area contributed by atoms with E-state index < -0.39 is 10.0 Å². The van der Waals surface area contributed by atoms with Crippen molar-refractivity contribution in [1.82, 2.24) is 4.72 Å². The van der Waals surface area contributed by atoms with Crippen molar-refractivity contribution in [3.8, 4) is 0 Å². The van der Waals surface area contributed by atoms with Gasteiger partial charge in [0.05, 0.1) is 11.0 Å². The molecule has 0 spiro atoms. The van der Waals surface area contributed by atoms with Crippen LogP contribution in [0.15, 0.2) is 29.2 Å². The van der Waals surface area contributed by atoms with Crippen LogP contribution in [0.2, 0.25) is 0 Å². The first-order valence-corrected chi connectivity index (χ1v) is 8.45. The lowest BCUT2D eigenvalue weighted by Crippen LogP contribution is -2.24. The summed E-state index contributed by atoms with van der Waals surface area (Å²) in [4.78, 5) is 2.47. The number of hydrogen-bond acceptors (Lipinski definition) is 4. The molecule has 1 heterocycles. The summed E-state index contributed by atoms with van der Waals surface area (Å²) >= 11 is 0. The molecule has 1 saturated heterocycles. The normalized spacial score (nSPS) is 21.1. The average Bonchev–Trinajstić information content (AvgIpc) is 2.88. The maximum Gasteiger partial charge on any atom is 0.240 e. The van der Waals surface area contributed by atoms with E-state index in [1.165, 1.54) is 0 Å². The van der Waals surface area contributed by atoms with Gasteiger partial charge in [-0.15, -0.1) is 0 Å². The molecule has 0 aliphatic carbocycles. The summed E-state index contributed by atoms with van der Waals surface area (Å²) in [5.41, 5.74) is 1.00. The highest BCUT2D eigenvalue weighted by Crippen LogP contribution is 2.26. The van der Waals surface area contributed by atoms with Gasteiger partial charge >= 0.3 is 0 Å². The smallest absolute Gasteiger partial charge is 0.240 e. The van der Waals surface area contributed by atoms with Crippen molar-refractivity contribution in [2.24, 2.45) is 5.92 Å². The molecule has 2 unspecified atom stereocenters. The van der Waals surface area contributed by atoms with E-state index in [-0.39, 0.29) is 11.0 Å². The van der Waals surface area contributed by atoms with Gasteiger partial charge in [0, 0.05) is 31.2 Å². The highest BCUT2D eigenvalue weighted by molar-refractivity contribution is 7.89. The molecule has 1 aromatic rings. The molecule has 112 valence electrons. The summed E-state index contributed by atoms with van der Waals surface area (Å²) in [7, 11) is -3.38. The first-order chi connectivity index (χ1) is 9.44. The number of sulfonamides is 1. The van der Waals surface area contributed by atoms with E-state index >= 15 is 0 Å². The Morgan fingerprint density at radius 1 is 1.40 bits per heavy atom. The highest BCUT2D eigenvalue weighted by Gasteiger charge is 2.26. The van der Waals surface area contributed by atoms with Gasteiger partial charge in [0.25, 0.3) is 0 Å². The molecule has 1 aliphatic rings. The number of aliphatic hydroxyl groups excluding tert-OH is 1. The number of aliphatic hydroxyl groups is 1. The van der Waals surface area contributed by atoms with E-state index in [0.29, 0.717) is 12.5 Å². The maximum atomic E-state index is 11.8. The van der Waals surface area contributed by atoms with Gasteiger partial charge < -0.3 is 10.0 Å². The molecule has 20 heavy (non-hydrogen) atoms. The van der Waals surface area contributed by atoms with Crippen molar-refractivity contribution in [3.05, 3.63) is 24.3 Å². The minimum atomic E-state index is -3.38. The molecule has 0 radical (unpaired) electrons. The average molecular weight is 298 g/mol. The standard InChI is InChI=1S/C14H22N2O3S/c1-3-15-20(18,19)14-6-4-13(5-7-14)16-9-8-12(10-16)11(2)17/h4-7,11-12,15,17H,3,8-10H2,1-2H3. The van der Waals surface area contributed by atoms with E-state index in [9.17, 15) is 13.5 Å². The second-order valence-electron chi connectivity index (χ2n) is 5.23. The molecule has 2 atom stereocenters. The monoisotopic (exact) mass is 298 g/mol. The van der Waals surface area contributed by atoms with Crippen LogP contribution in [-0.4, -0.2) is 39.3 Å². The van der Waals surface area contributed by atoms with Gasteiger partial charge in [-0.25, -0.2) is 13.1 Å². The fourth-order valence-corrected chi connectivity index (χ4v) is 3.57. The van der Waals surface area contributed by atoms with Gasteiger partial charge in [-0.2, -0.15) is 0 Å². The third kappa shape index (κ3) is 3.31. The molecule has 5 nitrogen and oxygen atoms in total. The Morgan fingerprint density at radius 3 is 2.55 bits per heavy atom. The molecule has 0 aromatic heterocycles. The second kappa shape index (κ2) is 6.11. The Balaban J connectivity index is 2.10. The second-order valence-corrected chi connectivity index (χ2v) is 7.00. The summed E-state index contributed by atoms with van der Waals surface area (Å²) in [5.74, 6) is 0.292. The Kier molecular flexibility index (Phi) is 4.67. The van der Waals surface area contributed by atoms with Crippen LogP contribution in [0.25, 0.3) is 0 Å². The first-order valence-electron chi connectivity index (χ1n) is 6.97. The summed E-state index contributed by atoms with van der Waals surface area (Å²) < 4.78 is 26.2. The molecule has 0 bridgehead atoms. The molecule has 1 aromatic carbocycles. The van der Waals surface area contributed by atoms with Crippen molar-refractivity contribution in [2.45, 2.75) is 31.3 Å². The maximum absolute atomic E-state index is 11.8. The Labute approximate surface area is 120 Å². The van der Waals surface area contributed by atoms with Gasteiger partial charge in [-0.3, -0.25) is 0 Å². The van der Waals surface area contributed by atoms with Crippen molar-refractivity contribution >= 4 is 15.7 Å². The van der Waals surface area contributed by atoms with Crippen LogP contribution < -0.4 is 9.62 Å². The van der Waals surface area contributed by atoms with E-state index in [2.05, 4.69) is 9.62 Å². The zero-order valence-corrected chi connectivity index (χ0v) is 12.7. The van der Waals surface area contributed by atoms with Crippen molar-refractivity contribution in [2.75, 3.05) is 24.5 Å².